The SMILES string of the molecule is CC1N=C(C(=O)OCC(=O)C(C#N)=C2N(C)c3ccccc3N2C)NN(c2ccccc2)C1=O. The van der Waals surface area contributed by atoms with Crippen molar-refractivity contribution >= 4 is 40.6 Å². The Morgan fingerprint density at radius 3 is 2.24 bits per heavy atom. The lowest BCUT2D eigenvalue weighted by atomic mass is 10.2. The fourth-order valence-corrected chi connectivity index (χ4v) is 3.82. The number of nitriles is 1. The molecule has 0 bridgehead atoms. The van der Waals surface area contributed by atoms with Crippen molar-refractivity contribution in [1.29, 1.82) is 5.26 Å². The lowest BCUT2D eigenvalue weighted by Crippen LogP contribution is -2.56. The zero-order chi connectivity index (χ0) is 24.4. The van der Waals surface area contributed by atoms with E-state index in [1.165, 1.54) is 5.01 Å². The molecule has 0 radical (unpaired) electrons. The lowest BCUT2D eigenvalue weighted by Gasteiger charge is -2.30. The van der Waals surface area contributed by atoms with Crippen molar-refractivity contribution < 1.29 is 19.1 Å². The van der Waals surface area contributed by atoms with Crippen LogP contribution in [0, 0.1) is 11.3 Å². The summed E-state index contributed by atoms with van der Waals surface area (Å²) in [5, 5.41) is 10.9. The summed E-state index contributed by atoms with van der Waals surface area (Å²) in [7, 11) is 3.51. The predicted molar refractivity (Wildman–Crippen MR) is 126 cm³/mol. The summed E-state index contributed by atoms with van der Waals surface area (Å²) in [4.78, 5) is 45.5. The van der Waals surface area contributed by atoms with Crippen molar-refractivity contribution in [2.75, 3.05) is 35.5 Å². The monoisotopic (exact) mass is 458 g/mol. The minimum absolute atomic E-state index is 0.137. The van der Waals surface area contributed by atoms with Crippen LogP contribution in [0.15, 0.2) is 71.0 Å². The number of nitrogens with zero attached hydrogens (tertiary/aromatic N) is 5. The molecule has 2 aromatic carbocycles. The second kappa shape index (κ2) is 9.07. The largest absolute Gasteiger partial charge is 0.451 e. The van der Waals surface area contributed by atoms with Crippen molar-refractivity contribution in [3.8, 4) is 6.07 Å². The highest BCUT2D eigenvalue weighted by molar-refractivity contribution is 6.37. The molecule has 2 heterocycles. The molecule has 0 aromatic heterocycles. The Morgan fingerprint density at radius 2 is 1.65 bits per heavy atom. The number of aliphatic imine (C=N–C) groups is 1. The molecule has 0 saturated carbocycles. The van der Waals surface area contributed by atoms with E-state index in [-0.39, 0.29) is 17.3 Å². The molecule has 1 N–H and O–H groups in total. The van der Waals surface area contributed by atoms with E-state index in [1.54, 1.807) is 61.2 Å². The quantitative estimate of drug-likeness (QED) is 0.409. The number of amidine groups is 1. The van der Waals surface area contributed by atoms with Gasteiger partial charge in [-0.1, -0.05) is 30.3 Å². The van der Waals surface area contributed by atoms with Gasteiger partial charge in [-0.25, -0.2) is 14.8 Å². The molecule has 10 nitrogen and oxygen atoms in total. The number of ketones is 1. The van der Waals surface area contributed by atoms with Gasteiger partial charge in [-0.05, 0) is 31.2 Å². The van der Waals surface area contributed by atoms with Crippen molar-refractivity contribution in [2.45, 2.75) is 13.0 Å². The van der Waals surface area contributed by atoms with Crippen LogP contribution in [0.1, 0.15) is 6.92 Å². The first kappa shape index (κ1) is 22.5. The molecule has 0 spiro atoms. The third-order valence-corrected chi connectivity index (χ3v) is 5.51. The molecule has 1 unspecified atom stereocenters. The van der Waals surface area contributed by atoms with Crippen molar-refractivity contribution in [2.24, 2.45) is 4.99 Å². The van der Waals surface area contributed by atoms with Crippen molar-refractivity contribution in [3.05, 3.63) is 66.0 Å². The van der Waals surface area contributed by atoms with E-state index < -0.39 is 24.4 Å². The summed E-state index contributed by atoms with van der Waals surface area (Å²) in [5.41, 5.74) is 4.73. The summed E-state index contributed by atoms with van der Waals surface area (Å²) < 4.78 is 5.16. The number of benzene rings is 2. The number of hydrogen-bond acceptors (Lipinski definition) is 9. The average Bonchev–Trinajstić information content (AvgIpc) is 3.10. The van der Waals surface area contributed by atoms with Crippen LogP contribution in [0.3, 0.4) is 0 Å². The average molecular weight is 458 g/mol. The highest BCUT2D eigenvalue weighted by Crippen LogP contribution is 2.40. The van der Waals surface area contributed by atoms with Gasteiger partial charge in [0.25, 0.3) is 5.91 Å². The fraction of sp³-hybridized carbons (Fsp3) is 0.208. The van der Waals surface area contributed by atoms with Gasteiger partial charge >= 0.3 is 5.97 Å². The second-order valence-corrected chi connectivity index (χ2v) is 7.69. The summed E-state index contributed by atoms with van der Waals surface area (Å²) in [6, 6.07) is 17.3. The first-order chi connectivity index (χ1) is 16.3. The molecule has 34 heavy (non-hydrogen) atoms. The Kier molecular flexibility index (Phi) is 6.01. The summed E-state index contributed by atoms with van der Waals surface area (Å²) >= 11 is 0. The summed E-state index contributed by atoms with van der Waals surface area (Å²) in [6.45, 7) is 0.900. The number of carbonyl (C=O) groups is 3. The van der Waals surface area contributed by atoms with E-state index >= 15 is 0 Å². The molecule has 2 aromatic rings. The van der Waals surface area contributed by atoms with Crippen LogP contribution in [0.2, 0.25) is 0 Å². The molecular weight excluding hydrogens is 436 g/mol. The number of nitrogens with one attached hydrogen (secondary N) is 1. The van der Waals surface area contributed by atoms with E-state index in [4.69, 9.17) is 4.74 Å². The molecule has 0 fully saturated rings. The van der Waals surface area contributed by atoms with Gasteiger partial charge < -0.3 is 14.5 Å². The molecule has 10 heteroatoms. The number of fused-ring (bicyclic) bond motifs is 1. The van der Waals surface area contributed by atoms with Gasteiger partial charge in [-0.3, -0.25) is 15.0 Å². The van der Waals surface area contributed by atoms with Crippen LogP contribution in [0.5, 0.6) is 0 Å². The van der Waals surface area contributed by atoms with Crippen molar-refractivity contribution in [3.63, 3.8) is 0 Å². The van der Waals surface area contributed by atoms with Gasteiger partial charge in [-0.15, -0.1) is 0 Å². The fourth-order valence-electron chi connectivity index (χ4n) is 3.82. The van der Waals surface area contributed by atoms with Gasteiger partial charge in [0.15, 0.2) is 6.61 Å². The number of anilines is 3. The Morgan fingerprint density at radius 1 is 1.06 bits per heavy atom. The van der Waals surface area contributed by atoms with E-state index in [9.17, 15) is 19.6 Å². The zero-order valence-corrected chi connectivity index (χ0v) is 18.8. The Labute approximate surface area is 196 Å². The van der Waals surface area contributed by atoms with Gasteiger partial charge in [0.05, 0.1) is 17.1 Å². The molecule has 2 aliphatic heterocycles. The van der Waals surface area contributed by atoms with Gasteiger partial charge in [0.2, 0.25) is 11.6 Å². The number of rotatable bonds is 5. The standard InChI is InChI=1S/C24H22N6O4/c1-15-23(32)30(16-9-5-4-6-10-16)27-21(26-15)24(33)34-14-20(31)17(13-25)22-28(2)18-11-7-8-12-19(18)29(22)3/h4-12,15H,14H2,1-3H3,(H,26,27). The maximum absolute atomic E-state index is 12.9. The number of Topliss-reactive ketones (excluding diaryl/α,β-unsaturated/α-hetero) is 1. The molecule has 1 atom stereocenters. The van der Waals surface area contributed by atoms with Crippen LogP contribution >= 0.6 is 0 Å². The predicted octanol–water partition coefficient (Wildman–Crippen LogP) is 1.76. The van der Waals surface area contributed by atoms with E-state index in [2.05, 4.69) is 10.4 Å². The number of esters is 1. The van der Waals surface area contributed by atoms with E-state index in [0.717, 1.165) is 11.4 Å². The minimum atomic E-state index is -0.910. The number of carbonyl (C=O) groups excluding carboxylic acids is 3. The van der Waals surface area contributed by atoms with Gasteiger partial charge in [0, 0.05) is 14.1 Å². The highest BCUT2D eigenvalue weighted by Gasteiger charge is 2.34. The molecule has 0 saturated heterocycles. The van der Waals surface area contributed by atoms with Crippen molar-refractivity contribution in [1.82, 2.24) is 5.43 Å². The molecule has 0 aliphatic carbocycles. The zero-order valence-electron chi connectivity index (χ0n) is 18.8. The molecular formula is C24H22N6O4. The van der Waals surface area contributed by atoms with Crippen LogP contribution in [0.4, 0.5) is 17.1 Å². The number of amides is 1. The Balaban J connectivity index is 1.49. The maximum atomic E-state index is 12.9. The number of hydrazine groups is 1. The number of ether oxygens (including phenoxy) is 1. The first-order valence-electron chi connectivity index (χ1n) is 10.5. The Bertz CT molecular complexity index is 1230. The first-order valence-corrected chi connectivity index (χ1v) is 10.5. The van der Waals surface area contributed by atoms with Crippen LogP contribution in [-0.2, 0) is 19.1 Å². The maximum Gasteiger partial charge on any atom is 0.375 e. The van der Waals surface area contributed by atoms with Crippen LogP contribution in [-0.4, -0.2) is 50.2 Å². The number of para-hydroxylation sites is 3. The van der Waals surface area contributed by atoms with Gasteiger partial charge in [-0.2, -0.15) is 5.26 Å². The summed E-state index contributed by atoms with van der Waals surface area (Å²) in [5.74, 6) is -1.72. The second-order valence-electron chi connectivity index (χ2n) is 7.69. The molecule has 172 valence electrons. The van der Waals surface area contributed by atoms with Crippen LogP contribution in [0.25, 0.3) is 0 Å². The highest BCUT2D eigenvalue weighted by atomic mass is 16.5. The van der Waals surface area contributed by atoms with Gasteiger partial charge in [0.1, 0.15) is 23.5 Å². The topological polar surface area (TPSA) is 118 Å². The Hall–Kier alpha value is -4.65. The van der Waals surface area contributed by atoms with E-state index in [0.29, 0.717) is 11.5 Å². The molecule has 4 rings (SSSR count). The third kappa shape index (κ3) is 3.95. The van der Waals surface area contributed by atoms with E-state index in [1.807, 2.05) is 30.3 Å². The molecule has 1 amide bonds. The molecule has 2 aliphatic rings. The van der Waals surface area contributed by atoms with Crippen LogP contribution < -0.4 is 20.2 Å². The third-order valence-electron chi connectivity index (χ3n) is 5.51. The normalized spacial score (nSPS) is 16.9. The lowest BCUT2D eigenvalue weighted by molar-refractivity contribution is -0.140. The minimum Gasteiger partial charge on any atom is -0.451 e. The number of hydrogen-bond donors (Lipinski definition) is 1. The summed E-state index contributed by atoms with van der Waals surface area (Å²) in [6.07, 6.45) is 0. The smallest absolute Gasteiger partial charge is 0.375 e.